The minimum Gasteiger partial charge on any atom is -0.350 e. The maximum absolute atomic E-state index is 12.2. The van der Waals surface area contributed by atoms with Crippen molar-refractivity contribution < 1.29 is 4.79 Å². The van der Waals surface area contributed by atoms with E-state index < -0.39 is 0 Å². The lowest BCUT2D eigenvalue weighted by atomic mass is 10.1. The van der Waals surface area contributed by atoms with Crippen LogP contribution in [0.15, 0.2) is 30.5 Å². The van der Waals surface area contributed by atoms with E-state index >= 15 is 0 Å². The first-order valence-electron chi connectivity index (χ1n) is 5.62. The van der Waals surface area contributed by atoms with E-state index in [0.717, 1.165) is 10.9 Å². The zero-order valence-corrected chi connectivity index (χ0v) is 9.82. The quantitative estimate of drug-likeness (QED) is 0.484. The number of benzene rings is 1. The summed E-state index contributed by atoms with van der Waals surface area (Å²) in [6, 6.07) is 7.81. The Kier molecular flexibility index (Phi) is 2.73. The van der Waals surface area contributed by atoms with Gasteiger partial charge in [-0.3, -0.25) is 4.79 Å². The second-order valence-electron chi connectivity index (χ2n) is 4.12. The number of para-hydroxylation sites is 1. The minimum absolute atomic E-state index is 0.137. The fraction of sp³-hybridized carbons (Fsp3) is 0.182. The summed E-state index contributed by atoms with van der Waals surface area (Å²) in [5.74, 6) is -0.137. The fourth-order valence-corrected chi connectivity index (χ4v) is 2.06. The van der Waals surface area contributed by atoms with E-state index in [4.69, 9.17) is 0 Å². The SMILES string of the molecule is Cn1cc(C(=O)NC2NNNN2)c2ccccc21. The van der Waals surface area contributed by atoms with E-state index in [2.05, 4.69) is 27.2 Å². The first-order chi connectivity index (χ1) is 8.75. The van der Waals surface area contributed by atoms with Gasteiger partial charge in [-0.2, -0.15) is 11.1 Å². The van der Waals surface area contributed by atoms with E-state index in [1.54, 1.807) is 0 Å². The number of fused-ring (bicyclic) bond motifs is 1. The van der Waals surface area contributed by atoms with Gasteiger partial charge >= 0.3 is 0 Å². The monoisotopic (exact) mass is 246 g/mol. The van der Waals surface area contributed by atoms with Crippen LogP contribution in [-0.2, 0) is 7.05 Å². The van der Waals surface area contributed by atoms with Gasteiger partial charge in [-0.05, 0) is 6.07 Å². The Labute approximate surface area is 103 Å². The summed E-state index contributed by atoms with van der Waals surface area (Å²) in [4.78, 5) is 12.2. The standard InChI is InChI=1S/C11H14N6O/c1-17-6-8(7-4-2-3-5-9(7)17)10(18)12-11-13-15-16-14-11/h2-6,11,13-16H,1H3,(H,12,18). The molecule has 3 rings (SSSR count). The molecule has 0 aliphatic carbocycles. The molecule has 1 aliphatic heterocycles. The van der Waals surface area contributed by atoms with Crippen molar-refractivity contribution >= 4 is 16.8 Å². The van der Waals surface area contributed by atoms with Gasteiger partial charge in [0.15, 0.2) is 6.29 Å². The number of amides is 1. The summed E-state index contributed by atoms with van der Waals surface area (Å²) in [5.41, 5.74) is 12.6. The maximum Gasteiger partial charge on any atom is 0.255 e. The summed E-state index contributed by atoms with van der Waals surface area (Å²) >= 11 is 0. The number of nitrogens with one attached hydrogen (secondary N) is 5. The van der Waals surface area contributed by atoms with E-state index in [1.165, 1.54) is 0 Å². The molecule has 2 aromatic rings. The number of carbonyl (C=O) groups excluding carboxylic acids is 1. The Bertz CT molecular complexity index is 586. The van der Waals surface area contributed by atoms with Gasteiger partial charge in [0, 0.05) is 24.1 Å². The average molecular weight is 246 g/mol. The highest BCUT2D eigenvalue weighted by Gasteiger charge is 2.19. The van der Waals surface area contributed by atoms with Gasteiger partial charge < -0.3 is 9.88 Å². The van der Waals surface area contributed by atoms with Crippen molar-refractivity contribution in [3.63, 3.8) is 0 Å². The van der Waals surface area contributed by atoms with Gasteiger partial charge in [0.25, 0.3) is 5.91 Å². The number of aryl methyl sites for hydroxylation is 1. The van der Waals surface area contributed by atoms with Crippen molar-refractivity contribution in [2.45, 2.75) is 6.29 Å². The summed E-state index contributed by atoms with van der Waals surface area (Å²) in [7, 11) is 1.92. The smallest absolute Gasteiger partial charge is 0.255 e. The van der Waals surface area contributed by atoms with Crippen LogP contribution in [-0.4, -0.2) is 16.8 Å². The Morgan fingerprint density at radius 3 is 2.78 bits per heavy atom. The van der Waals surface area contributed by atoms with E-state index in [-0.39, 0.29) is 12.2 Å². The number of carbonyl (C=O) groups is 1. The van der Waals surface area contributed by atoms with Crippen molar-refractivity contribution in [1.82, 2.24) is 31.8 Å². The third kappa shape index (κ3) is 1.85. The molecule has 1 aliphatic rings. The van der Waals surface area contributed by atoms with Crippen LogP contribution in [0.1, 0.15) is 10.4 Å². The van der Waals surface area contributed by atoms with Crippen molar-refractivity contribution in [1.29, 1.82) is 0 Å². The molecule has 0 bridgehead atoms. The molecule has 0 spiro atoms. The molecule has 1 fully saturated rings. The Morgan fingerprint density at radius 2 is 2.00 bits per heavy atom. The van der Waals surface area contributed by atoms with Crippen molar-refractivity contribution in [2.75, 3.05) is 0 Å². The molecule has 1 aromatic carbocycles. The van der Waals surface area contributed by atoms with Crippen LogP contribution >= 0.6 is 0 Å². The molecule has 94 valence electrons. The second-order valence-corrected chi connectivity index (χ2v) is 4.12. The van der Waals surface area contributed by atoms with Gasteiger partial charge in [-0.15, -0.1) is 0 Å². The second kappa shape index (κ2) is 4.39. The molecule has 7 nitrogen and oxygen atoms in total. The van der Waals surface area contributed by atoms with Crippen LogP contribution in [0.3, 0.4) is 0 Å². The van der Waals surface area contributed by atoms with Crippen LogP contribution in [0.25, 0.3) is 10.9 Å². The molecule has 1 amide bonds. The first kappa shape index (κ1) is 11.2. The van der Waals surface area contributed by atoms with Gasteiger partial charge in [-0.1, -0.05) is 18.2 Å². The number of aromatic nitrogens is 1. The van der Waals surface area contributed by atoms with E-state index in [9.17, 15) is 4.79 Å². The highest BCUT2D eigenvalue weighted by atomic mass is 16.2. The van der Waals surface area contributed by atoms with Gasteiger partial charge in [0.05, 0.1) is 5.56 Å². The topological polar surface area (TPSA) is 82.2 Å². The van der Waals surface area contributed by atoms with Crippen molar-refractivity contribution in [3.8, 4) is 0 Å². The maximum atomic E-state index is 12.2. The zero-order chi connectivity index (χ0) is 12.5. The number of nitrogens with zero attached hydrogens (tertiary/aromatic N) is 1. The first-order valence-corrected chi connectivity index (χ1v) is 5.62. The molecule has 1 saturated heterocycles. The van der Waals surface area contributed by atoms with Crippen LogP contribution in [0.2, 0.25) is 0 Å². The summed E-state index contributed by atoms with van der Waals surface area (Å²) in [6.45, 7) is 0. The summed E-state index contributed by atoms with van der Waals surface area (Å²) in [6.07, 6.45) is 1.48. The number of hydrogen-bond donors (Lipinski definition) is 5. The van der Waals surface area contributed by atoms with Gasteiger partial charge in [-0.25, -0.2) is 10.9 Å². The Hall–Kier alpha value is -1.93. The molecule has 0 saturated carbocycles. The third-order valence-corrected chi connectivity index (χ3v) is 2.91. The van der Waals surface area contributed by atoms with Gasteiger partial charge in [0.2, 0.25) is 0 Å². The van der Waals surface area contributed by atoms with Crippen molar-refractivity contribution in [2.24, 2.45) is 7.05 Å². The lowest BCUT2D eigenvalue weighted by molar-refractivity contribution is 0.0928. The molecule has 0 unspecified atom stereocenters. The van der Waals surface area contributed by atoms with E-state index in [0.29, 0.717) is 5.56 Å². The molecule has 18 heavy (non-hydrogen) atoms. The lowest BCUT2D eigenvalue weighted by Gasteiger charge is -2.10. The highest BCUT2D eigenvalue weighted by molar-refractivity contribution is 6.07. The van der Waals surface area contributed by atoms with E-state index in [1.807, 2.05) is 42.1 Å². The molecule has 5 N–H and O–H groups in total. The van der Waals surface area contributed by atoms with Crippen LogP contribution < -0.4 is 27.2 Å². The largest absolute Gasteiger partial charge is 0.350 e. The number of hydrogen-bond acceptors (Lipinski definition) is 5. The van der Waals surface area contributed by atoms with Gasteiger partial charge in [0.1, 0.15) is 0 Å². The Balaban J connectivity index is 1.91. The normalized spacial score (nSPS) is 16.3. The number of hydrazine groups is 3. The molecular weight excluding hydrogens is 232 g/mol. The molecule has 1 aromatic heterocycles. The molecule has 0 radical (unpaired) electrons. The Morgan fingerprint density at radius 1 is 1.28 bits per heavy atom. The average Bonchev–Trinajstić information content (AvgIpc) is 2.98. The van der Waals surface area contributed by atoms with Crippen LogP contribution in [0, 0.1) is 0 Å². The molecule has 7 heteroatoms. The minimum atomic E-state index is -0.350. The van der Waals surface area contributed by atoms with Crippen LogP contribution in [0.5, 0.6) is 0 Å². The van der Waals surface area contributed by atoms with Crippen molar-refractivity contribution in [3.05, 3.63) is 36.0 Å². The summed E-state index contributed by atoms with van der Waals surface area (Å²) in [5, 5.41) is 3.74. The highest BCUT2D eigenvalue weighted by Crippen LogP contribution is 2.19. The predicted octanol–water partition coefficient (Wildman–Crippen LogP) is -0.691. The molecule has 0 atom stereocenters. The molecule has 2 heterocycles. The fourth-order valence-electron chi connectivity index (χ4n) is 2.06. The zero-order valence-electron chi connectivity index (χ0n) is 9.82. The summed E-state index contributed by atoms with van der Waals surface area (Å²) < 4.78 is 1.94. The van der Waals surface area contributed by atoms with Crippen LogP contribution in [0.4, 0.5) is 0 Å². The number of rotatable bonds is 2. The third-order valence-electron chi connectivity index (χ3n) is 2.91. The molecular formula is C11H14N6O. The lowest BCUT2D eigenvalue weighted by Crippen LogP contribution is -2.49. The predicted molar refractivity (Wildman–Crippen MR) is 66.7 cm³/mol.